The van der Waals surface area contributed by atoms with E-state index in [1.807, 2.05) is 97.1 Å². The monoisotopic (exact) mass is 880 g/mol. The summed E-state index contributed by atoms with van der Waals surface area (Å²) in [7, 11) is 0. The quantitative estimate of drug-likeness (QED) is 0.121. The molecule has 0 aliphatic carbocycles. The van der Waals surface area contributed by atoms with Gasteiger partial charge in [-0.3, -0.25) is 20.0 Å². The topological polar surface area (TPSA) is 130 Å². The van der Waals surface area contributed by atoms with Gasteiger partial charge in [-0.15, -0.1) is 0 Å². The van der Waals surface area contributed by atoms with Gasteiger partial charge in [0.15, 0.2) is 0 Å². The molecule has 0 atom stereocenters. The Labute approximate surface area is 390 Å². The summed E-state index contributed by atoms with van der Waals surface area (Å²) in [5.41, 5.74) is 9.93. The Bertz CT molecular complexity index is 2550. The standard InChI is InChI=1S/C58H64N4O4/c1-55(2,3)43-23-35-21-36-24-44(56(4,5)6)28-40(52(36)64)32-61-49-19-15-16-20-50(49)62-34-42-30-46(58(10,11)12)26-38(54(42)66)22-37-25-45(57(7,8)9)29-41(53(37)65)33-60-48-18-14-13-17-47(48)59-31-39(27-43)51(35)63/h13-20,23-34,63-66H,21-22H2,1-12H3. The van der Waals surface area contributed by atoms with Gasteiger partial charge in [-0.1, -0.05) is 132 Å². The maximum Gasteiger partial charge on any atom is 0.127 e. The van der Waals surface area contributed by atoms with Crippen molar-refractivity contribution >= 4 is 47.6 Å². The number of fused-ring (bicyclic) bond motifs is 10. The van der Waals surface area contributed by atoms with Crippen LogP contribution in [-0.4, -0.2) is 45.3 Å². The molecular weight excluding hydrogens is 817 g/mol. The van der Waals surface area contributed by atoms with E-state index in [1.165, 1.54) is 0 Å². The van der Waals surface area contributed by atoms with E-state index in [-0.39, 0.29) is 57.5 Å². The molecule has 0 saturated carbocycles. The SMILES string of the molecule is CC(C)(C)c1cc2c(O)c(c1)Cc1cc(C(C)(C)C)cc(c1O)C=Nc1ccccc1N=Cc1cc(C(C)(C)C)cc(c1O)Cc1cc(C(C)(C)C)cc(c1O)C=Nc1ccccc1N=C2. The van der Waals surface area contributed by atoms with E-state index in [2.05, 4.69) is 83.1 Å². The highest BCUT2D eigenvalue weighted by atomic mass is 16.3. The zero-order valence-corrected chi connectivity index (χ0v) is 40.5. The molecule has 1 aliphatic heterocycles. The van der Waals surface area contributed by atoms with Crippen molar-refractivity contribution < 1.29 is 20.4 Å². The molecule has 0 amide bonds. The van der Waals surface area contributed by atoms with Crippen molar-refractivity contribution in [2.45, 2.75) is 118 Å². The molecule has 1 aliphatic rings. The molecule has 0 aromatic heterocycles. The molecule has 0 fully saturated rings. The van der Waals surface area contributed by atoms with Gasteiger partial charge in [0.1, 0.15) is 23.0 Å². The lowest BCUT2D eigenvalue weighted by molar-refractivity contribution is 0.459. The Hall–Kier alpha value is -6.80. The Morgan fingerprint density at radius 1 is 0.318 bits per heavy atom. The normalized spacial score (nSPS) is 13.6. The second-order valence-electron chi connectivity index (χ2n) is 21.7. The van der Waals surface area contributed by atoms with Crippen LogP contribution in [0.25, 0.3) is 0 Å². The lowest BCUT2D eigenvalue weighted by atomic mass is 9.82. The van der Waals surface area contributed by atoms with Gasteiger partial charge in [0, 0.05) is 60.0 Å². The third kappa shape index (κ3) is 10.5. The summed E-state index contributed by atoms with van der Waals surface area (Å²) in [6.07, 6.45) is 7.15. The van der Waals surface area contributed by atoms with Crippen LogP contribution in [0.4, 0.5) is 22.7 Å². The first-order valence-corrected chi connectivity index (χ1v) is 22.7. The van der Waals surface area contributed by atoms with Crippen LogP contribution in [0.15, 0.2) is 117 Å². The van der Waals surface area contributed by atoms with Crippen LogP contribution in [0.1, 0.15) is 150 Å². The van der Waals surface area contributed by atoms with E-state index in [1.54, 1.807) is 24.9 Å². The van der Waals surface area contributed by atoms with Crippen LogP contribution < -0.4 is 0 Å². The number of hydrogen-bond acceptors (Lipinski definition) is 8. The smallest absolute Gasteiger partial charge is 0.127 e. The molecule has 6 aromatic rings. The number of rotatable bonds is 0. The lowest BCUT2D eigenvalue weighted by Crippen LogP contribution is -2.14. The average molecular weight is 881 g/mol. The minimum atomic E-state index is -0.269. The summed E-state index contributed by atoms with van der Waals surface area (Å²) in [6.45, 7) is 25.5. The molecule has 1 heterocycles. The predicted molar refractivity (Wildman–Crippen MR) is 275 cm³/mol. The first-order chi connectivity index (χ1) is 30.9. The van der Waals surface area contributed by atoms with Crippen LogP contribution in [0.5, 0.6) is 23.0 Å². The van der Waals surface area contributed by atoms with Crippen LogP contribution >= 0.6 is 0 Å². The molecule has 0 spiro atoms. The van der Waals surface area contributed by atoms with E-state index < -0.39 is 0 Å². The molecule has 8 bridgehead atoms. The summed E-state index contributed by atoms with van der Waals surface area (Å²) in [5.74, 6) is 0.273. The van der Waals surface area contributed by atoms with Crippen molar-refractivity contribution in [1.29, 1.82) is 0 Å². The van der Waals surface area contributed by atoms with E-state index >= 15 is 0 Å². The molecule has 0 radical (unpaired) electrons. The molecular formula is C58H64N4O4. The molecule has 0 unspecified atom stereocenters. The first kappa shape index (κ1) is 47.2. The Morgan fingerprint density at radius 3 is 0.697 bits per heavy atom. The fourth-order valence-corrected chi connectivity index (χ4v) is 7.87. The number of phenolic OH excluding ortho intramolecular Hbond substituents is 4. The fourth-order valence-electron chi connectivity index (χ4n) is 7.87. The van der Waals surface area contributed by atoms with E-state index in [0.29, 0.717) is 67.3 Å². The lowest BCUT2D eigenvalue weighted by Gasteiger charge is -2.24. The van der Waals surface area contributed by atoms with Crippen molar-refractivity contribution in [2.75, 3.05) is 0 Å². The van der Waals surface area contributed by atoms with Crippen molar-refractivity contribution in [2.24, 2.45) is 20.0 Å². The fraction of sp³-hybridized carbons (Fsp3) is 0.310. The van der Waals surface area contributed by atoms with Crippen molar-refractivity contribution in [3.05, 3.63) is 164 Å². The van der Waals surface area contributed by atoms with Gasteiger partial charge in [0.25, 0.3) is 0 Å². The zero-order valence-electron chi connectivity index (χ0n) is 40.5. The molecule has 66 heavy (non-hydrogen) atoms. The van der Waals surface area contributed by atoms with Gasteiger partial charge in [0.2, 0.25) is 0 Å². The minimum Gasteiger partial charge on any atom is -0.507 e. The third-order valence-electron chi connectivity index (χ3n) is 12.2. The highest BCUT2D eigenvalue weighted by molar-refractivity contribution is 5.92. The van der Waals surface area contributed by atoms with Crippen molar-refractivity contribution in [3.8, 4) is 23.0 Å². The number of phenols is 4. The molecule has 0 saturated heterocycles. The second kappa shape index (κ2) is 17.9. The molecule has 6 aromatic carbocycles. The van der Waals surface area contributed by atoms with Crippen LogP contribution in [0.3, 0.4) is 0 Å². The number of nitrogens with zero attached hydrogens (tertiary/aromatic N) is 4. The largest absolute Gasteiger partial charge is 0.507 e. The van der Waals surface area contributed by atoms with Gasteiger partial charge in [0.05, 0.1) is 22.7 Å². The van der Waals surface area contributed by atoms with Gasteiger partial charge >= 0.3 is 0 Å². The number of para-hydroxylation sites is 4. The Morgan fingerprint density at radius 2 is 0.515 bits per heavy atom. The number of aliphatic imine (C=N–C) groups is 4. The molecule has 8 heteroatoms. The zero-order chi connectivity index (χ0) is 47.9. The predicted octanol–water partition coefficient (Wildman–Crippen LogP) is 14.2. The molecule has 340 valence electrons. The minimum absolute atomic E-state index is 0.0682. The van der Waals surface area contributed by atoms with E-state index in [9.17, 15) is 20.4 Å². The van der Waals surface area contributed by atoms with Gasteiger partial charge in [-0.05, 0) is 115 Å². The summed E-state index contributed by atoms with van der Waals surface area (Å²) in [5, 5.41) is 48.0. The number of aromatic hydroxyl groups is 4. The van der Waals surface area contributed by atoms with Crippen LogP contribution in [0.2, 0.25) is 0 Å². The average Bonchev–Trinajstić information content (AvgIpc) is 3.23. The van der Waals surface area contributed by atoms with Crippen LogP contribution in [-0.2, 0) is 34.5 Å². The van der Waals surface area contributed by atoms with E-state index in [4.69, 9.17) is 20.0 Å². The number of benzene rings is 6. The van der Waals surface area contributed by atoms with Crippen molar-refractivity contribution in [3.63, 3.8) is 0 Å². The molecule has 8 nitrogen and oxygen atoms in total. The highest BCUT2D eigenvalue weighted by Gasteiger charge is 2.25. The first-order valence-electron chi connectivity index (χ1n) is 22.7. The van der Waals surface area contributed by atoms with E-state index in [0.717, 1.165) is 22.3 Å². The van der Waals surface area contributed by atoms with Gasteiger partial charge in [-0.2, -0.15) is 0 Å². The summed E-state index contributed by atoms with van der Waals surface area (Å²) in [6, 6.07) is 30.9. The summed E-state index contributed by atoms with van der Waals surface area (Å²) < 4.78 is 0. The Kier molecular flexibility index (Phi) is 12.8. The van der Waals surface area contributed by atoms with Gasteiger partial charge < -0.3 is 20.4 Å². The van der Waals surface area contributed by atoms with Gasteiger partial charge in [-0.25, -0.2) is 0 Å². The maximum absolute atomic E-state index is 12.0. The van der Waals surface area contributed by atoms with Crippen molar-refractivity contribution in [1.82, 2.24) is 0 Å². The summed E-state index contributed by atoms with van der Waals surface area (Å²) >= 11 is 0. The Balaban J connectivity index is 1.49. The highest BCUT2D eigenvalue weighted by Crippen LogP contribution is 2.40. The number of hydrogen-bond donors (Lipinski definition) is 4. The third-order valence-corrected chi connectivity index (χ3v) is 12.2. The summed E-state index contributed by atoms with van der Waals surface area (Å²) in [4.78, 5) is 19.6. The maximum atomic E-state index is 12.0. The second-order valence-corrected chi connectivity index (χ2v) is 21.7. The van der Waals surface area contributed by atoms with Crippen LogP contribution in [0, 0.1) is 0 Å². The molecule has 4 N–H and O–H groups in total. The molecule has 7 rings (SSSR count).